The highest BCUT2D eigenvalue weighted by Crippen LogP contribution is 2.28. The summed E-state index contributed by atoms with van der Waals surface area (Å²) in [4.78, 5) is 25.8. The number of primary amides is 1. The largest absolute Gasteiger partial charge is 0.369 e. The van der Waals surface area contributed by atoms with Crippen molar-refractivity contribution < 1.29 is 9.59 Å². The zero-order chi connectivity index (χ0) is 21.9. The molecule has 30 heavy (non-hydrogen) atoms. The molecule has 1 aliphatic heterocycles. The molecule has 0 aliphatic carbocycles. The fourth-order valence-corrected chi connectivity index (χ4v) is 4.57. The molecule has 0 saturated carbocycles. The maximum Gasteiger partial charge on any atom is 0.233 e. The van der Waals surface area contributed by atoms with Crippen molar-refractivity contribution >= 4 is 23.6 Å². The number of nitrogens with zero attached hydrogens (tertiary/aromatic N) is 4. The average Bonchev–Trinajstić information content (AvgIpc) is 3.14. The van der Waals surface area contributed by atoms with E-state index >= 15 is 0 Å². The molecule has 1 atom stereocenters. The van der Waals surface area contributed by atoms with Crippen LogP contribution in [-0.2, 0) is 21.5 Å². The van der Waals surface area contributed by atoms with Crippen molar-refractivity contribution in [3.63, 3.8) is 0 Å². The minimum atomic E-state index is -0.326. The van der Waals surface area contributed by atoms with Gasteiger partial charge in [0.25, 0.3) is 0 Å². The van der Waals surface area contributed by atoms with Crippen LogP contribution in [0.15, 0.2) is 29.4 Å². The van der Waals surface area contributed by atoms with Crippen molar-refractivity contribution in [2.75, 3.05) is 18.8 Å². The van der Waals surface area contributed by atoms with E-state index < -0.39 is 0 Å². The van der Waals surface area contributed by atoms with E-state index in [1.54, 1.807) is 4.90 Å². The molecule has 0 spiro atoms. The average molecular weight is 430 g/mol. The minimum Gasteiger partial charge on any atom is -0.369 e. The van der Waals surface area contributed by atoms with Crippen LogP contribution >= 0.6 is 11.8 Å². The molecular formula is C22H31N5O2S. The normalized spacial score (nSPS) is 17.2. The van der Waals surface area contributed by atoms with Crippen LogP contribution in [0.3, 0.4) is 0 Å². The Hall–Kier alpha value is -2.35. The molecule has 1 aliphatic rings. The lowest BCUT2D eigenvalue weighted by Crippen LogP contribution is -2.44. The van der Waals surface area contributed by atoms with Gasteiger partial charge in [-0.15, -0.1) is 10.2 Å². The van der Waals surface area contributed by atoms with Gasteiger partial charge in [0.2, 0.25) is 11.8 Å². The van der Waals surface area contributed by atoms with Crippen molar-refractivity contribution in [2.24, 2.45) is 11.7 Å². The summed E-state index contributed by atoms with van der Waals surface area (Å²) < 4.78 is 2.03. The quantitative estimate of drug-likeness (QED) is 0.712. The van der Waals surface area contributed by atoms with E-state index in [1.165, 1.54) is 17.3 Å². The van der Waals surface area contributed by atoms with Crippen LogP contribution in [0.4, 0.5) is 0 Å². The number of thioether (sulfide) groups is 1. The third-order valence-electron chi connectivity index (χ3n) is 5.54. The van der Waals surface area contributed by atoms with Crippen LogP contribution in [0, 0.1) is 5.92 Å². The fourth-order valence-electron chi connectivity index (χ4n) is 3.67. The molecule has 2 N–H and O–H groups in total. The number of amides is 2. The number of hydrogen-bond acceptors (Lipinski definition) is 5. The summed E-state index contributed by atoms with van der Waals surface area (Å²) in [5.74, 6) is 0.516. The first-order valence-corrected chi connectivity index (χ1v) is 11.4. The molecule has 7 nitrogen and oxygen atoms in total. The molecule has 1 aromatic carbocycles. The summed E-state index contributed by atoms with van der Waals surface area (Å²) >= 11 is 1.39. The van der Waals surface area contributed by atoms with Crippen molar-refractivity contribution in [1.29, 1.82) is 0 Å². The number of likely N-dealkylation sites (tertiary alicyclic amines) is 1. The lowest BCUT2D eigenvalue weighted by Gasteiger charge is -2.31. The van der Waals surface area contributed by atoms with Crippen LogP contribution in [-0.4, -0.2) is 50.3 Å². The van der Waals surface area contributed by atoms with Gasteiger partial charge in [0.15, 0.2) is 11.0 Å². The molecular weight excluding hydrogens is 398 g/mol. The van der Waals surface area contributed by atoms with Gasteiger partial charge in [-0.05, 0) is 30.7 Å². The number of carbonyl (C=O) groups excluding carboxylic acids is 2. The summed E-state index contributed by atoms with van der Waals surface area (Å²) in [7, 11) is 0. The third-order valence-corrected chi connectivity index (χ3v) is 6.49. The second-order valence-electron chi connectivity index (χ2n) is 8.75. The Kier molecular flexibility index (Phi) is 6.85. The molecule has 1 saturated heterocycles. The summed E-state index contributed by atoms with van der Waals surface area (Å²) in [6, 6.07) is 8.42. The van der Waals surface area contributed by atoms with Gasteiger partial charge >= 0.3 is 0 Å². The SMILES string of the molecule is CCn1c(SCC(=O)N2CCCC(C(N)=O)C2)nnc1-c1ccc(C(C)(C)C)cc1. The van der Waals surface area contributed by atoms with E-state index in [1.807, 2.05) is 11.5 Å². The summed E-state index contributed by atoms with van der Waals surface area (Å²) in [5, 5.41) is 9.43. The lowest BCUT2D eigenvalue weighted by atomic mass is 9.87. The summed E-state index contributed by atoms with van der Waals surface area (Å²) in [6.45, 7) is 10.4. The van der Waals surface area contributed by atoms with Gasteiger partial charge in [0.05, 0.1) is 11.7 Å². The first kappa shape index (κ1) is 22.3. The standard InChI is InChI=1S/C22H31N5O2S/c1-5-27-20(15-8-10-17(11-9-15)22(2,3)4)24-25-21(27)30-14-18(28)26-12-6-7-16(13-26)19(23)29/h8-11,16H,5-7,12-14H2,1-4H3,(H2,23,29). The number of carbonyl (C=O) groups is 2. The Labute approximate surface area is 182 Å². The number of rotatable bonds is 6. The Morgan fingerprint density at radius 2 is 1.90 bits per heavy atom. The van der Waals surface area contributed by atoms with Gasteiger partial charge in [-0.2, -0.15) is 0 Å². The van der Waals surface area contributed by atoms with Gasteiger partial charge in [-0.3, -0.25) is 9.59 Å². The van der Waals surface area contributed by atoms with Crippen molar-refractivity contribution in [1.82, 2.24) is 19.7 Å². The zero-order valence-electron chi connectivity index (χ0n) is 18.2. The van der Waals surface area contributed by atoms with Gasteiger partial charge in [-0.25, -0.2) is 0 Å². The predicted octanol–water partition coefficient (Wildman–Crippen LogP) is 3.08. The Morgan fingerprint density at radius 3 is 2.50 bits per heavy atom. The molecule has 162 valence electrons. The molecule has 1 aromatic heterocycles. The van der Waals surface area contributed by atoms with Crippen molar-refractivity contribution in [3.05, 3.63) is 29.8 Å². The number of benzene rings is 1. The molecule has 1 fully saturated rings. The maximum absolute atomic E-state index is 12.6. The maximum atomic E-state index is 12.6. The molecule has 8 heteroatoms. The lowest BCUT2D eigenvalue weighted by molar-refractivity contribution is -0.132. The number of hydrogen-bond donors (Lipinski definition) is 1. The molecule has 2 amide bonds. The molecule has 0 radical (unpaired) electrons. The topological polar surface area (TPSA) is 94.1 Å². The highest BCUT2D eigenvalue weighted by molar-refractivity contribution is 7.99. The van der Waals surface area contributed by atoms with Crippen LogP contribution in [0.5, 0.6) is 0 Å². The van der Waals surface area contributed by atoms with E-state index in [0.29, 0.717) is 19.6 Å². The highest BCUT2D eigenvalue weighted by atomic mass is 32.2. The van der Waals surface area contributed by atoms with Crippen LogP contribution in [0.1, 0.15) is 46.1 Å². The van der Waals surface area contributed by atoms with Gasteiger partial charge in [0.1, 0.15) is 0 Å². The van der Waals surface area contributed by atoms with Crippen LogP contribution in [0.25, 0.3) is 11.4 Å². The second-order valence-corrected chi connectivity index (χ2v) is 9.69. The summed E-state index contributed by atoms with van der Waals surface area (Å²) in [5.41, 5.74) is 7.80. The third kappa shape index (κ3) is 5.03. The van der Waals surface area contributed by atoms with E-state index in [2.05, 4.69) is 55.2 Å². The molecule has 1 unspecified atom stereocenters. The van der Waals surface area contributed by atoms with E-state index in [0.717, 1.165) is 29.4 Å². The smallest absolute Gasteiger partial charge is 0.233 e. The Morgan fingerprint density at radius 1 is 1.20 bits per heavy atom. The Balaban J connectivity index is 1.69. The first-order valence-electron chi connectivity index (χ1n) is 10.4. The highest BCUT2D eigenvalue weighted by Gasteiger charge is 2.27. The first-order chi connectivity index (χ1) is 14.2. The van der Waals surface area contributed by atoms with Gasteiger partial charge in [-0.1, -0.05) is 56.8 Å². The zero-order valence-corrected chi connectivity index (χ0v) is 19.0. The summed E-state index contributed by atoms with van der Waals surface area (Å²) in [6.07, 6.45) is 1.57. The minimum absolute atomic E-state index is 0.00711. The van der Waals surface area contributed by atoms with Crippen molar-refractivity contribution in [3.8, 4) is 11.4 Å². The number of nitrogens with two attached hydrogens (primary N) is 1. The second kappa shape index (κ2) is 9.20. The number of piperidine rings is 1. The number of aromatic nitrogens is 3. The molecule has 2 aromatic rings. The molecule has 0 bridgehead atoms. The van der Waals surface area contributed by atoms with E-state index in [9.17, 15) is 9.59 Å². The van der Waals surface area contributed by atoms with E-state index in [-0.39, 0.29) is 28.9 Å². The fraction of sp³-hybridized carbons (Fsp3) is 0.545. The molecule has 3 rings (SSSR count). The van der Waals surface area contributed by atoms with Gasteiger partial charge < -0.3 is 15.2 Å². The van der Waals surface area contributed by atoms with Crippen LogP contribution in [0.2, 0.25) is 0 Å². The molecule has 2 heterocycles. The van der Waals surface area contributed by atoms with E-state index in [4.69, 9.17) is 5.73 Å². The monoisotopic (exact) mass is 429 g/mol. The van der Waals surface area contributed by atoms with Gasteiger partial charge in [0, 0.05) is 25.2 Å². The van der Waals surface area contributed by atoms with Crippen LogP contribution < -0.4 is 5.73 Å². The predicted molar refractivity (Wildman–Crippen MR) is 119 cm³/mol. The Bertz CT molecular complexity index is 901. The van der Waals surface area contributed by atoms with Crippen molar-refractivity contribution in [2.45, 2.75) is 57.7 Å².